The van der Waals surface area contributed by atoms with Crippen LogP contribution in [0.4, 0.5) is 5.95 Å². The van der Waals surface area contributed by atoms with Gasteiger partial charge in [0, 0.05) is 30.3 Å². The van der Waals surface area contributed by atoms with Crippen LogP contribution in [-0.2, 0) is 4.74 Å². The SMILES string of the molecule is O=Cc1ccc(-c2cc(Cl)nc(N3CCOCC3)n2)cc1. The second-order valence-corrected chi connectivity index (χ2v) is 5.10. The summed E-state index contributed by atoms with van der Waals surface area (Å²) in [6, 6.07) is 8.94. The Morgan fingerprint density at radius 2 is 1.86 bits per heavy atom. The van der Waals surface area contributed by atoms with Gasteiger partial charge in [0.1, 0.15) is 11.4 Å². The average Bonchev–Trinajstić information content (AvgIpc) is 2.55. The lowest BCUT2D eigenvalue weighted by Crippen LogP contribution is -2.37. The summed E-state index contributed by atoms with van der Waals surface area (Å²) in [6.45, 7) is 2.84. The molecule has 6 heteroatoms. The van der Waals surface area contributed by atoms with Crippen LogP contribution in [0, 0.1) is 0 Å². The smallest absolute Gasteiger partial charge is 0.227 e. The number of nitrogens with zero attached hydrogens (tertiary/aromatic N) is 3. The molecule has 1 aromatic heterocycles. The van der Waals surface area contributed by atoms with Crippen molar-refractivity contribution >= 4 is 23.8 Å². The zero-order valence-electron chi connectivity index (χ0n) is 11.3. The van der Waals surface area contributed by atoms with Crippen molar-refractivity contribution in [2.75, 3.05) is 31.2 Å². The first-order valence-corrected chi connectivity index (χ1v) is 7.07. The van der Waals surface area contributed by atoms with Crippen LogP contribution in [0.3, 0.4) is 0 Å². The predicted octanol–water partition coefficient (Wildman–Crippen LogP) is 2.45. The molecule has 0 saturated carbocycles. The van der Waals surface area contributed by atoms with Crippen molar-refractivity contribution in [3.63, 3.8) is 0 Å². The number of morpholine rings is 1. The number of carbonyl (C=O) groups is 1. The van der Waals surface area contributed by atoms with Gasteiger partial charge < -0.3 is 9.64 Å². The predicted molar refractivity (Wildman–Crippen MR) is 80.9 cm³/mol. The van der Waals surface area contributed by atoms with Crippen molar-refractivity contribution in [2.45, 2.75) is 0 Å². The fourth-order valence-corrected chi connectivity index (χ4v) is 2.37. The molecule has 1 aliphatic rings. The van der Waals surface area contributed by atoms with Crippen molar-refractivity contribution in [1.82, 2.24) is 9.97 Å². The van der Waals surface area contributed by atoms with Crippen molar-refractivity contribution < 1.29 is 9.53 Å². The average molecular weight is 304 g/mol. The van der Waals surface area contributed by atoms with E-state index in [9.17, 15) is 4.79 Å². The minimum Gasteiger partial charge on any atom is -0.378 e. The molecule has 0 aliphatic carbocycles. The third-order valence-corrected chi connectivity index (χ3v) is 3.51. The topological polar surface area (TPSA) is 55.3 Å². The molecular weight excluding hydrogens is 290 g/mol. The Kier molecular flexibility index (Phi) is 4.13. The van der Waals surface area contributed by atoms with Gasteiger partial charge in [-0.15, -0.1) is 0 Å². The summed E-state index contributed by atoms with van der Waals surface area (Å²) >= 11 is 6.11. The summed E-state index contributed by atoms with van der Waals surface area (Å²) in [4.78, 5) is 21.6. The Balaban J connectivity index is 1.94. The third-order valence-electron chi connectivity index (χ3n) is 3.32. The molecule has 1 saturated heterocycles. The number of aldehydes is 1. The highest BCUT2D eigenvalue weighted by molar-refractivity contribution is 6.29. The largest absolute Gasteiger partial charge is 0.378 e. The van der Waals surface area contributed by atoms with E-state index in [4.69, 9.17) is 16.3 Å². The first-order valence-electron chi connectivity index (χ1n) is 6.69. The van der Waals surface area contributed by atoms with Crippen LogP contribution in [0.1, 0.15) is 10.4 Å². The van der Waals surface area contributed by atoms with E-state index in [0.717, 1.165) is 30.6 Å². The van der Waals surface area contributed by atoms with Crippen LogP contribution in [0.2, 0.25) is 5.15 Å². The summed E-state index contributed by atoms with van der Waals surface area (Å²) in [7, 11) is 0. The molecule has 5 nitrogen and oxygen atoms in total. The summed E-state index contributed by atoms with van der Waals surface area (Å²) < 4.78 is 5.33. The zero-order valence-corrected chi connectivity index (χ0v) is 12.1. The van der Waals surface area contributed by atoms with Gasteiger partial charge in [0.15, 0.2) is 0 Å². The molecule has 0 bridgehead atoms. The monoisotopic (exact) mass is 303 g/mol. The van der Waals surface area contributed by atoms with Crippen LogP contribution in [0.5, 0.6) is 0 Å². The molecule has 3 rings (SSSR count). The van der Waals surface area contributed by atoms with Gasteiger partial charge in [0.2, 0.25) is 5.95 Å². The van der Waals surface area contributed by atoms with Gasteiger partial charge in [-0.05, 0) is 0 Å². The van der Waals surface area contributed by atoms with E-state index in [2.05, 4.69) is 14.9 Å². The maximum absolute atomic E-state index is 10.7. The van der Waals surface area contributed by atoms with Crippen LogP contribution in [0.15, 0.2) is 30.3 Å². The van der Waals surface area contributed by atoms with Gasteiger partial charge in [-0.2, -0.15) is 0 Å². The highest BCUT2D eigenvalue weighted by atomic mass is 35.5. The number of hydrogen-bond acceptors (Lipinski definition) is 5. The second kappa shape index (κ2) is 6.20. The number of benzene rings is 1. The number of carbonyl (C=O) groups excluding carboxylic acids is 1. The van der Waals surface area contributed by atoms with Crippen molar-refractivity contribution in [3.8, 4) is 11.3 Å². The van der Waals surface area contributed by atoms with E-state index in [1.54, 1.807) is 18.2 Å². The molecule has 0 spiro atoms. The fourth-order valence-electron chi connectivity index (χ4n) is 2.19. The number of hydrogen-bond donors (Lipinski definition) is 0. The van der Waals surface area contributed by atoms with Gasteiger partial charge in [-0.3, -0.25) is 4.79 Å². The minimum atomic E-state index is 0.404. The van der Waals surface area contributed by atoms with Gasteiger partial charge in [-0.25, -0.2) is 9.97 Å². The molecule has 0 amide bonds. The summed E-state index contributed by atoms with van der Waals surface area (Å²) in [5.41, 5.74) is 2.28. The van der Waals surface area contributed by atoms with E-state index in [1.807, 2.05) is 12.1 Å². The van der Waals surface area contributed by atoms with E-state index in [-0.39, 0.29) is 0 Å². The summed E-state index contributed by atoms with van der Waals surface area (Å²) in [5.74, 6) is 0.611. The van der Waals surface area contributed by atoms with Gasteiger partial charge in [0.05, 0.1) is 18.9 Å². The number of ether oxygens (including phenoxy) is 1. The molecule has 1 fully saturated rings. The lowest BCUT2D eigenvalue weighted by atomic mass is 10.1. The highest BCUT2D eigenvalue weighted by Crippen LogP contribution is 2.23. The number of anilines is 1. The lowest BCUT2D eigenvalue weighted by Gasteiger charge is -2.27. The summed E-state index contributed by atoms with van der Waals surface area (Å²) in [6.07, 6.45) is 0.815. The van der Waals surface area contributed by atoms with Crippen LogP contribution in [-0.4, -0.2) is 42.6 Å². The normalized spacial score (nSPS) is 15.0. The Hall–Kier alpha value is -1.98. The molecule has 21 heavy (non-hydrogen) atoms. The minimum absolute atomic E-state index is 0.404. The van der Waals surface area contributed by atoms with E-state index < -0.39 is 0 Å². The molecular formula is C15H14ClN3O2. The number of aromatic nitrogens is 2. The van der Waals surface area contributed by atoms with Crippen LogP contribution in [0.25, 0.3) is 11.3 Å². The number of rotatable bonds is 3. The lowest BCUT2D eigenvalue weighted by molar-refractivity contribution is 0.112. The Morgan fingerprint density at radius 1 is 1.14 bits per heavy atom. The van der Waals surface area contributed by atoms with Gasteiger partial charge in [-0.1, -0.05) is 35.9 Å². The van der Waals surface area contributed by atoms with E-state index >= 15 is 0 Å². The maximum atomic E-state index is 10.7. The molecule has 0 atom stereocenters. The van der Waals surface area contributed by atoms with E-state index in [1.165, 1.54) is 0 Å². The standard InChI is InChI=1S/C15H14ClN3O2/c16-14-9-13(12-3-1-11(10-20)2-4-12)17-15(18-14)19-5-7-21-8-6-19/h1-4,9-10H,5-8H2. The molecule has 2 aromatic rings. The quantitative estimate of drug-likeness (QED) is 0.644. The van der Waals surface area contributed by atoms with Crippen molar-refractivity contribution in [2.24, 2.45) is 0 Å². The summed E-state index contributed by atoms with van der Waals surface area (Å²) in [5, 5.41) is 0.404. The molecule has 1 aliphatic heterocycles. The van der Waals surface area contributed by atoms with Crippen LogP contribution >= 0.6 is 11.6 Å². The molecule has 0 radical (unpaired) electrons. The molecule has 0 N–H and O–H groups in total. The highest BCUT2D eigenvalue weighted by Gasteiger charge is 2.15. The molecule has 108 valence electrons. The Labute approximate surface area is 127 Å². The Bertz CT molecular complexity index is 640. The third kappa shape index (κ3) is 3.20. The maximum Gasteiger partial charge on any atom is 0.227 e. The fraction of sp³-hybridized carbons (Fsp3) is 0.267. The molecule has 0 unspecified atom stereocenters. The van der Waals surface area contributed by atoms with E-state index in [0.29, 0.717) is 29.9 Å². The van der Waals surface area contributed by atoms with Crippen molar-refractivity contribution in [1.29, 1.82) is 0 Å². The molecule has 1 aromatic carbocycles. The van der Waals surface area contributed by atoms with Gasteiger partial charge in [0.25, 0.3) is 0 Å². The number of halogens is 1. The van der Waals surface area contributed by atoms with Gasteiger partial charge >= 0.3 is 0 Å². The first kappa shape index (κ1) is 14.0. The van der Waals surface area contributed by atoms with Crippen molar-refractivity contribution in [3.05, 3.63) is 41.0 Å². The second-order valence-electron chi connectivity index (χ2n) is 4.72. The Morgan fingerprint density at radius 3 is 2.52 bits per heavy atom. The first-order chi connectivity index (χ1) is 10.3. The zero-order chi connectivity index (χ0) is 14.7. The van der Waals surface area contributed by atoms with Crippen LogP contribution < -0.4 is 4.90 Å². The molecule has 2 heterocycles.